The van der Waals surface area contributed by atoms with Crippen LogP contribution in [0.4, 0.5) is 0 Å². The fraction of sp³-hybridized carbons (Fsp3) is 0.167. The molecule has 4 heteroatoms. The molecule has 1 aromatic heterocycles. The van der Waals surface area contributed by atoms with Crippen LogP contribution in [0, 0.1) is 0 Å². The van der Waals surface area contributed by atoms with Crippen molar-refractivity contribution in [3.8, 4) is 0 Å². The molecule has 1 heterocycles. The first-order valence-corrected chi connectivity index (χ1v) is 6.32. The van der Waals surface area contributed by atoms with Crippen molar-refractivity contribution in [3.63, 3.8) is 0 Å². The maximum absolute atomic E-state index is 10.5. The lowest BCUT2D eigenvalue weighted by molar-refractivity contribution is 0.0758. The standard InChI is InChI=1S/C12H10Br2O2/c1-12(15,11-10(14)6-7-16-11)8-2-4-9(13)5-3-8/h2-7,15H,1H3. The van der Waals surface area contributed by atoms with Crippen LogP contribution in [0.2, 0.25) is 0 Å². The highest BCUT2D eigenvalue weighted by molar-refractivity contribution is 9.10. The van der Waals surface area contributed by atoms with Gasteiger partial charge in [0.1, 0.15) is 5.60 Å². The van der Waals surface area contributed by atoms with Crippen LogP contribution in [-0.4, -0.2) is 5.11 Å². The minimum absolute atomic E-state index is 0.509. The maximum Gasteiger partial charge on any atom is 0.153 e. The van der Waals surface area contributed by atoms with Crippen molar-refractivity contribution in [2.45, 2.75) is 12.5 Å². The summed E-state index contributed by atoms with van der Waals surface area (Å²) in [6.07, 6.45) is 1.55. The molecular formula is C12H10Br2O2. The van der Waals surface area contributed by atoms with Crippen LogP contribution in [-0.2, 0) is 5.60 Å². The molecule has 0 fully saturated rings. The molecule has 0 spiro atoms. The third-order valence-corrected chi connectivity index (χ3v) is 3.62. The van der Waals surface area contributed by atoms with E-state index in [2.05, 4.69) is 31.9 Å². The van der Waals surface area contributed by atoms with E-state index < -0.39 is 5.60 Å². The Bertz CT molecular complexity index is 486. The fourth-order valence-electron chi connectivity index (χ4n) is 1.55. The van der Waals surface area contributed by atoms with Gasteiger partial charge in [0.25, 0.3) is 0 Å². The molecule has 2 rings (SSSR count). The van der Waals surface area contributed by atoms with Crippen LogP contribution in [0.3, 0.4) is 0 Å². The van der Waals surface area contributed by atoms with E-state index in [0.717, 1.165) is 14.5 Å². The number of hydrogen-bond donors (Lipinski definition) is 1. The molecule has 1 N–H and O–H groups in total. The topological polar surface area (TPSA) is 33.4 Å². The smallest absolute Gasteiger partial charge is 0.153 e. The number of rotatable bonds is 2. The molecule has 0 aliphatic rings. The average molecular weight is 346 g/mol. The van der Waals surface area contributed by atoms with Crippen LogP contribution in [0.1, 0.15) is 18.2 Å². The van der Waals surface area contributed by atoms with Gasteiger partial charge in [0.15, 0.2) is 5.76 Å². The molecule has 0 aliphatic heterocycles. The Balaban J connectivity index is 2.46. The molecule has 0 bridgehead atoms. The van der Waals surface area contributed by atoms with Crippen LogP contribution in [0.5, 0.6) is 0 Å². The average Bonchev–Trinajstić information content (AvgIpc) is 2.66. The van der Waals surface area contributed by atoms with Crippen LogP contribution < -0.4 is 0 Å². The Labute approximate surface area is 111 Å². The minimum Gasteiger partial charge on any atom is -0.465 e. The van der Waals surface area contributed by atoms with E-state index in [9.17, 15) is 5.11 Å². The summed E-state index contributed by atoms with van der Waals surface area (Å²) in [5, 5.41) is 10.5. The predicted octanol–water partition coefficient (Wildman–Crippen LogP) is 4.06. The van der Waals surface area contributed by atoms with Gasteiger partial charge in [0.2, 0.25) is 0 Å². The minimum atomic E-state index is -1.14. The summed E-state index contributed by atoms with van der Waals surface area (Å²) in [4.78, 5) is 0. The van der Waals surface area contributed by atoms with Gasteiger partial charge in [0.05, 0.1) is 10.7 Å². The lowest BCUT2D eigenvalue weighted by Crippen LogP contribution is -2.22. The monoisotopic (exact) mass is 344 g/mol. The molecule has 0 amide bonds. The molecule has 1 unspecified atom stereocenters. The molecular weight excluding hydrogens is 336 g/mol. The summed E-state index contributed by atoms with van der Waals surface area (Å²) in [5.74, 6) is 0.509. The molecule has 1 aromatic carbocycles. The normalized spacial score (nSPS) is 14.8. The Morgan fingerprint density at radius 1 is 1.12 bits per heavy atom. The largest absolute Gasteiger partial charge is 0.465 e. The van der Waals surface area contributed by atoms with Crippen LogP contribution >= 0.6 is 31.9 Å². The SMILES string of the molecule is CC(O)(c1ccc(Br)cc1)c1occc1Br. The molecule has 0 saturated heterocycles. The van der Waals surface area contributed by atoms with E-state index in [0.29, 0.717) is 5.76 Å². The number of halogens is 2. The van der Waals surface area contributed by atoms with Crippen molar-refractivity contribution < 1.29 is 9.52 Å². The Kier molecular flexibility index (Phi) is 3.24. The molecule has 84 valence electrons. The van der Waals surface area contributed by atoms with Gasteiger partial charge in [0, 0.05) is 4.47 Å². The number of aliphatic hydroxyl groups is 1. The fourth-order valence-corrected chi connectivity index (χ4v) is 2.40. The molecule has 0 radical (unpaired) electrons. The molecule has 0 aliphatic carbocycles. The summed E-state index contributed by atoms with van der Waals surface area (Å²) in [6.45, 7) is 1.71. The number of benzene rings is 1. The third kappa shape index (κ3) is 2.10. The van der Waals surface area contributed by atoms with Gasteiger partial charge in [-0.15, -0.1) is 0 Å². The molecule has 16 heavy (non-hydrogen) atoms. The lowest BCUT2D eigenvalue weighted by atomic mass is 9.93. The zero-order valence-corrected chi connectivity index (χ0v) is 11.7. The zero-order valence-electron chi connectivity index (χ0n) is 8.58. The van der Waals surface area contributed by atoms with E-state index in [4.69, 9.17) is 4.42 Å². The third-order valence-electron chi connectivity index (χ3n) is 2.47. The summed E-state index contributed by atoms with van der Waals surface area (Å²) < 4.78 is 7.05. The molecule has 0 saturated carbocycles. The van der Waals surface area contributed by atoms with E-state index >= 15 is 0 Å². The predicted molar refractivity (Wildman–Crippen MR) is 69.2 cm³/mol. The highest BCUT2D eigenvalue weighted by Crippen LogP contribution is 2.35. The van der Waals surface area contributed by atoms with Crippen molar-refractivity contribution >= 4 is 31.9 Å². The van der Waals surface area contributed by atoms with Crippen molar-refractivity contribution in [1.82, 2.24) is 0 Å². The first-order chi connectivity index (χ1) is 7.51. The van der Waals surface area contributed by atoms with Gasteiger partial charge in [-0.1, -0.05) is 28.1 Å². The molecule has 2 nitrogen and oxygen atoms in total. The van der Waals surface area contributed by atoms with E-state index in [1.165, 1.54) is 0 Å². The highest BCUT2D eigenvalue weighted by Gasteiger charge is 2.30. The highest BCUT2D eigenvalue weighted by atomic mass is 79.9. The van der Waals surface area contributed by atoms with Gasteiger partial charge in [-0.25, -0.2) is 0 Å². The van der Waals surface area contributed by atoms with Crippen LogP contribution in [0.15, 0.2) is 50.0 Å². The second-order valence-corrected chi connectivity index (χ2v) is 5.45. The summed E-state index contributed by atoms with van der Waals surface area (Å²) >= 11 is 6.71. The van der Waals surface area contributed by atoms with Crippen molar-refractivity contribution in [1.29, 1.82) is 0 Å². The van der Waals surface area contributed by atoms with Gasteiger partial charge in [-0.05, 0) is 46.6 Å². The van der Waals surface area contributed by atoms with Crippen LogP contribution in [0.25, 0.3) is 0 Å². The van der Waals surface area contributed by atoms with Crippen molar-refractivity contribution in [3.05, 3.63) is 56.9 Å². The summed E-state index contributed by atoms with van der Waals surface area (Å²) in [5.41, 5.74) is -0.352. The summed E-state index contributed by atoms with van der Waals surface area (Å²) in [6, 6.07) is 9.27. The van der Waals surface area contributed by atoms with Gasteiger partial charge in [-0.2, -0.15) is 0 Å². The Hall–Kier alpha value is -0.580. The first-order valence-electron chi connectivity index (χ1n) is 4.73. The van der Waals surface area contributed by atoms with Crippen molar-refractivity contribution in [2.24, 2.45) is 0 Å². The van der Waals surface area contributed by atoms with E-state index in [1.807, 2.05) is 24.3 Å². The first kappa shape index (κ1) is 11.9. The van der Waals surface area contributed by atoms with E-state index in [-0.39, 0.29) is 0 Å². The van der Waals surface area contributed by atoms with Crippen molar-refractivity contribution in [2.75, 3.05) is 0 Å². The maximum atomic E-state index is 10.5. The van der Waals surface area contributed by atoms with Gasteiger partial charge >= 0.3 is 0 Å². The molecule has 1 atom stereocenters. The summed E-state index contributed by atoms with van der Waals surface area (Å²) in [7, 11) is 0. The lowest BCUT2D eigenvalue weighted by Gasteiger charge is -2.22. The Morgan fingerprint density at radius 2 is 1.75 bits per heavy atom. The van der Waals surface area contributed by atoms with E-state index in [1.54, 1.807) is 19.3 Å². The molecule has 2 aromatic rings. The number of hydrogen-bond acceptors (Lipinski definition) is 2. The second-order valence-electron chi connectivity index (χ2n) is 3.68. The van der Waals surface area contributed by atoms with Gasteiger partial charge in [-0.3, -0.25) is 0 Å². The quantitative estimate of drug-likeness (QED) is 0.890. The second kappa shape index (κ2) is 4.35. The van der Waals surface area contributed by atoms with Gasteiger partial charge < -0.3 is 9.52 Å². The Morgan fingerprint density at radius 3 is 2.25 bits per heavy atom. The number of furan rings is 1. The zero-order chi connectivity index (χ0) is 11.8.